The summed E-state index contributed by atoms with van der Waals surface area (Å²) in [7, 11) is 0. The van der Waals surface area contributed by atoms with E-state index in [1.807, 2.05) is 17.4 Å². The summed E-state index contributed by atoms with van der Waals surface area (Å²) in [5.74, 6) is -0.786. The summed E-state index contributed by atoms with van der Waals surface area (Å²) >= 11 is 3.59. The Morgan fingerprint density at radius 2 is 2.20 bits per heavy atom. The van der Waals surface area contributed by atoms with Gasteiger partial charge in [-0.05, 0) is 47.7 Å². The number of thiophene rings is 2. The molecule has 132 valence electrons. The molecule has 3 heterocycles. The van der Waals surface area contributed by atoms with Crippen molar-refractivity contribution in [2.24, 2.45) is 0 Å². The number of carboxylic acid groups (broad SMARTS) is 1. The van der Waals surface area contributed by atoms with Gasteiger partial charge in [0.1, 0.15) is 0 Å². The van der Waals surface area contributed by atoms with E-state index in [1.54, 1.807) is 11.3 Å². The van der Waals surface area contributed by atoms with Crippen molar-refractivity contribution in [3.8, 4) is 0 Å². The zero-order valence-corrected chi connectivity index (χ0v) is 16.0. The number of hydrogen-bond donors (Lipinski definition) is 1. The monoisotopic (exact) mass is 373 g/mol. The molecule has 2 aromatic heterocycles. The first kappa shape index (κ1) is 18.1. The van der Waals surface area contributed by atoms with Crippen molar-refractivity contribution in [1.29, 1.82) is 0 Å². The first-order chi connectivity index (χ1) is 12.2. The molecule has 0 aromatic carbocycles. The van der Waals surface area contributed by atoms with E-state index in [1.165, 1.54) is 20.9 Å². The van der Waals surface area contributed by atoms with Crippen LogP contribution in [0.3, 0.4) is 0 Å². The van der Waals surface area contributed by atoms with Gasteiger partial charge in [0.05, 0.1) is 0 Å². The van der Waals surface area contributed by atoms with Crippen LogP contribution in [-0.4, -0.2) is 35.6 Å². The fourth-order valence-electron chi connectivity index (χ4n) is 3.13. The SMILES string of the molecule is CCc1ccsc1C(=CCCN1CCC=C(C(=O)O)C1)c1cccs1. The fraction of sp³-hybridized carbons (Fsp3) is 0.350. The van der Waals surface area contributed by atoms with E-state index < -0.39 is 5.97 Å². The normalized spacial score (nSPS) is 16.0. The first-order valence-corrected chi connectivity index (χ1v) is 10.4. The van der Waals surface area contributed by atoms with Crippen LogP contribution in [0.5, 0.6) is 0 Å². The predicted molar refractivity (Wildman–Crippen MR) is 106 cm³/mol. The summed E-state index contributed by atoms with van der Waals surface area (Å²) in [5, 5.41) is 13.5. The molecule has 0 fully saturated rings. The number of carbonyl (C=O) groups is 1. The summed E-state index contributed by atoms with van der Waals surface area (Å²) in [4.78, 5) is 16.1. The molecule has 0 amide bonds. The second-order valence-corrected chi connectivity index (χ2v) is 7.98. The van der Waals surface area contributed by atoms with Crippen LogP contribution >= 0.6 is 22.7 Å². The zero-order chi connectivity index (χ0) is 17.6. The lowest BCUT2D eigenvalue weighted by Crippen LogP contribution is -2.32. The molecule has 0 aliphatic carbocycles. The molecule has 0 unspecified atom stereocenters. The highest BCUT2D eigenvalue weighted by Gasteiger charge is 2.17. The van der Waals surface area contributed by atoms with E-state index in [4.69, 9.17) is 0 Å². The lowest BCUT2D eigenvalue weighted by molar-refractivity contribution is -0.133. The number of rotatable bonds is 7. The van der Waals surface area contributed by atoms with Crippen LogP contribution in [0.25, 0.3) is 5.57 Å². The Bertz CT molecular complexity index is 771. The van der Waals surface area contributed by atoms with Crippen molar-refractivity contribution in [3.63, 3.8) is 0 Å². The Morgan fingerprint density at radius 3 is 2.92 bits per heavy atom. The van der Waals surface area contributed by atoms with Crippen LogP contribution in [0.4, 0.5) is 0 Å². The van der Waals surface area contributed by atoms with Crippen molar-refractivity contribution in [2.45, 2.75) is 26.2 Å². The Kier molecular flexibility index (Phi) is 6.24. The van der Waals surface area contributed by atoms with Gasteiger partial charge in [-0.25, -0.2) is 4.79 Å². The fourth-order valence-corrected chi connectivity index (χ4v) is 5.02. The van der Waals surface area contributed by atoms with Crippen LogP contribution < -0.4 is 0 Å². The highest BCUT2D eigenvalue weighted by molar-refractivity contribution is 7.13. The first-order valence-electron chi connectivity index (χ1n) is 8.64. The van der Waals surface area contributed by atoms with E-state index >= 15 is 0 Å². The highest BCUT2D eigenvalue weighted by atomic mass is 32.1. The standard InChI is InChI=1S/C20H23NO2S2/c1-2-15-9-13-25-19(15)17(18-8-5-12-24-18)7-4-11-21-10-3-6-16(14-21)20(22)23/h5-9,12-13H,2-4,10-11,14H2,1H3,(H,22,23). The van der Waals surface area contributed by atoms with Gasteiger partial charge in [0, 0.05) is 40.5 Å². The van der Waals surface area contributed by atoms with Gasteiger partial charge in [0.15, 0.2) is 0 Å². The number of aryl methyl sites for hydroxylation is 1. The molecule has 0 bridgehead atoms. The summed E-state index contributed by atoms with van der Waals surface area (Å²) in [6.45, 7) is 4.59. The third-order valence-corrected chi connectivity index (χ3v) is 6.35. The molecule has 0 saturated carbocycles. The average molecular weight is 374 g/mol. The second-order valence-electron chi connectivity index (χ2n) is 6.11. The van der Waals surface area contributed by atoms with Crippen molar-refractivity contribution in [3.05, 3.63) is 62.0 Å². The molecule has 5 heteroatoms. The smallest absolute Gasteiger partial charge is 0.332 e. The van der Waals surface area contributed by atoms with Gasteiger partial charge in [-0.15, -0.1) is 22.7 Å². The van der Waals surface area contributed by atoms with E-state index in [0.29, 0.717) is 12.1 Å². The minimum Gasteiger partial charge on any atom is -0.478 e. The van der Waals surface area contributed by atoms with Crippen molar-refractivity contribution in [1.82, 2.24) is 4.90 Å². The van der Waals surface area contributed by atoms with Crippen LogP contribution in [0.2, 0.25) is 0 Å². The summed E-state index contributed by atoms with van der Waals surface area (Å²) < 4.78 is 0. The molecule has 0 atom stereocenters. The molecule has 25 heavy (non-hydrogen) atoms. The van der Waals surface area contributed by atoms with Gasteiger partial charge in [0.2, 0.25) is 0 Å². The van der Waals surface area contributed by atoms with Gasteiger partial charge in [-0.2, -0.15) is 0 Å². The van der Waals surface area contributed by atoms with Gasteiger partial charge >= 0.3 is 5.97 Å². The molecule has 1 N–H and O–H groups in total. The van der Waals surface area contributed by atoms with Crippen molar-refractivity contribution < 1.29 is 9.90 Å². The van der Waals surface area contributed by atoms with Gasteiger partial charge < -0.3 is 5.11 Å². The molecule has 3 nitrogen and oxygen atoms in total. The Labute approximate surface area is 156 Å². The average Bonchev–Trinajstić information content (AvgIpc) is 3.30. The summed E-state index contributed by atoms with van der Waals surface area (Å²) in [6.07, 6.45) is 6.98. The van der Waals surface area contributed by atoms with E-state index in [9.17, 15) is 9.90 Å². The maximum atomic E-state index is 11.2. The maximum absolute atomic E-state index is 11.2. The summed E-state index contributed by atoms with van der Waals surface area (Å²) in [6, 6.07) is 6.50. The highest BCUT2D eigenvalue weighted by Crippen LogP contribution is 2.34. The maximum Gasteiger partial charge on any atom is 0.332 e. The molecule has 1 aliphatic rings. The van der Waals surface area contributed by atoms with Crippen LogP contribution in [0.15, 0.2) is 46.7 Å². The lowest BCUT2D eigenvalue weighted by atomic mass is 10.1. The Balaban J connectivity index is 1.72. The van der Waals surface area contributed by atoms with Crippen molar-refractivity contribution >= 4 is 34.2 Å². The molecular weight excluding hydrogens is 350 g/mol. The molecular formula is C20H23NO2S2. The summed E-state index contributed by atoms with van der Waals surface area (Å²) in [5.41, 5.74) is 3.26. The van der Waals surface area contributed by atoms with E-state index in [2.05, 4.69) is 46.9 Å². The van der Waals surface area contributed by atoms with Crippen LogP contribution in [0.1, 0.15) is 35.1 Å². The van der Waals surface area contributed by atoms with Crippen LogP contribution in [0, 0.1) is 0 Å². The number of carboxylic acids is 1. The minimum atomic E-state index is -0.786. The second kappa shape index (κ2) is 8.61. The molecule has 1 aliphatic heterocycles. The molecule has 0 saturated heterocycles. The van der Waals surface area contributed by atoms with E-state index in [-0.39, 0.29) is 0 Å². The zero-order valence-electron chi connectivity index (χ0n) is 14.4. The third-order valence-electron chi connectivity index (χ3n) is 4.46. The Morgan fingerprint density at radius 1 is 1.32 bits per heavy atom. The Hall–Kier alpha value is -1.69. The number of aliphatic carboxylic acids is 1. The molecule has 2 aromatic rings. The predicted octanol–water partition coefficient (Wildman–Crippen LogP) is 4.91. The molecule has 0 spiro atoms. The van der Waals surface area contributed by atoms with E-state index in [0.717, 1.165) is 32.4 Å². The quantitative estimate of drug-likeness (QED) is 0.749. The van der Waals surface area contributed by atoms with Gasteiger partial charge in [0.25, 0.3) is 0 Å². The van der Waals surface area contributed by atoms with Crippen molar-refractivity contribution in [2.75, 3.05) is 19.6 Å². The molecule has 3 rings (SSSR count). The van der Waals surface area contributed by atoms with Crippen LogP contribution in [-0.2, 0) is 11.2 Å². The van der Waals surface area contributed by atoms with Gasteiger partial charge in [-0.1, -0.05) is 25.1 Å². The topological polar surface area (TPSA) is 40.5 Å². The molecule has 0 radical (unpaired) electrons. The lowest BCUT2D eigenvalue weighted by Gasteiger charge is -2.25. The largest absolute Gasteiger partial charge is 0.478 e. The third kappa shape index (κ3) is 4.48. The number of nitrogens with zero attached hydrogens (tertiary/aromatic N) is 1. The number of hydrogen-bond acceptors (Lipinski definition) is 4. The minimum absolute atomic E-state index is 0.528. The van der Waals surface area contributed by atoms with Gasteiger partial charge in [-0.3, -0.25) is 4.90 Å².